The van der Waals surface area contributed by atoms with Gasteiger partial charge in [0.05, 0.1) is 7.11 Å². The summed E-state index contributed by atoms with van der Waals surface area (Å²) in [6, 6.07) is 0.893. The number of thioether (sulfide) groups is 1. The van der Waals surface area contributed by atoms with Gasteiger partial charge in [0.15, 0.2) is 5.16 Å². The first-order valence-corrected chi connectivity index (χ1v) is 7.39. The smallest absolute Gasteiger partial charge is 0.328 e. The second-order valence-corrected chi connectivity index (χ2v) is 5.37. The molecule has 1 N–H and O–H groups in total. The highest BCUT2D eigenvalue weighted by Crippen LogP contribution is 2.11. The molecule has 1 amide bonds. The van der Waals surface area contributed by atoms with Gasteiger partial charge in [0.25, 0.3) is 5.91 Å². The zero-order valence-electron chi connectivity index (χ0n) is 12.3. The molecule has 0 saturated heterocycles. The molecule has 6 nitrogen and oxygen atoms in total. The molecule has 0 bridgehead atoms. The zero-order valence-corrected chi connectivity index (χ0v) is 13.1. The van der Waals surface area contributed by atoms with E-state index in [9.17, 15) is 9.59 Å². The Hall–Kier alpha value is -1.63. The average Bonchev–Trinajstić information content (AvgIpc) is 2.42. The van der Waals surface area contributed by atoms with Crippen molar-refractivity contribution in [2.75, 3.05) is 13.4 Å². The van der Waals surface area contributed by atoms with Crippen molar-refractivity contribution in [1.82, 2.24) is 15.3 Å². The summed E-state index contributed by atoms with van der Waals surface area (Å²) in [4.78, 5) is 32.1. The van der Waals surface area contributed by atoms with Gasteiger partial charge in [0, 0.05) is 5.69 Å². The average molecular weight is 297 g/mol. The molecule has 110 valence electrons. The molecule has 1 aromatic rings. The highest BCUT2D eigenvalue weighted by molar-refractivity contribution is 7.98. The standard InChI is InChI=1S/C13H19N3O3S/c1-7(2)10(12(18)19-4)16-11(17)9-6-8(3)14-13(15-9)20-5/h6-7,10H,1-5H3,(H,16,17). The van der Waals surface area contributed by atoms with Gasteiger partial charge in [0.1, 0.15) is 11.7 Å². The highest BCUT2D eigenvalue weighted by Gasteiger charge is 2.26. The molecular weight excluding hydrogens is 278 g/mol. The van der Waals surface area contributed by atoms with E-state index >= 15 is 0 Å². The predicted molar refractivity (Wildman–Crippen MR) is 76.7 cm³/mol. The van der Waals surface area contributed by atoms with Gasteiger partial charge >= 0.3 is 5.97 Å². The van der Waals surface area contributed by atoms with Crippen molar-refractivity contribution in [3.8, 4) is 0 Å². The summed E-state index contributed by atoms with van der Waals surface area (Å²) >= 11 is 1.36. The van der Waals surface area contributed by atoms with Gasteiger partial charge in [-0.2, -0.15) is 0 Å². The quantitative estimate of drug-likeness (QED) is 0.503. The first-order valence-electron chi connectivity index (χ1n) is 6.17. The van der Waals surface area contributed by atoms with Gasteiger partial charge in [-0.1, -0.05) is 25.6 Å². The third kappa shape index (κ3) is 4.19. The van der Waals surface area contributed by atoms with Crippen molar-refractivity contribution in [1.29, 1.82) is 0 Å². The molecule has 0 aliphatic heterocycles. The number of esters is 1. The van der Waals surface area contributed by atoms with Crippen LogP contribution in [0.2, 0.25) is 0 Å². The number of amides is 1. The number of nitrogens with zero attached hydrogens (tertiary/aromatic N) is 2. The van der Waals surface area contributed by atoms with Crippen molar-refractivity contribution >= 4 is 23.6 Å². The summed E-state index contributed by atoms with van der Waals surface area (Å²) < 4.78 is 4.69. The highest BCUT2D eigenvalue weighted by atomic mass is 32.2. The van der Waals surface area contributed by atoms with Crippen molar-refractivity contribution in [2.24, 2.45) is 5.92 Å². The number of nitrogens with one attached hydrogen (secondary N) is 1. The van der Waals surface area contributed by atoms with E-state index in [1.807, 2.05) is 20.1 Å². The second kappa shape index (κ2) is 7.23. The normalized spacial score (nSPS) is 12.1. The third-order valence-corrected chi connectivity index (χ3v) is 3.21. The van der Waals surface area contributed by atoms with Crippen LogP contribution in [0, 0.1) is 12.8 Å². The number of hydrogen-bond acceptors (Lipinski definition) is 6. The van der Waals surface area contributed by atoms with E-state index in [1.54, 1.807) is 13.0 Å². The second-order valence-electron chi connectivity index (χ2n) is 4.60. The summed E-state index contributed by atoms with van der Waals surface area (Å²) in [5.74, 6) is -0.950. The van der Waals surface area contributed by atoms with Crippen LogP contribution in [-0.2, 0) is 9.53 Å². The van der Waals surface area contributed by atoms with Gasteiger partial charge in [-0.05, 0) is 25.2 Å². The molecule has 0 fully saturated rings. The Morgan fingerprint density at radius 3 is 2.50 bits per heavy atom. The lowest BCUT2D eigenvalue weighted by molar-refractivity contribution is -0.144. The Morgan fingerprint density at radius 2 is 2.00 bits per heavy atom. The molecule has 20 heavy (non-hydrogen) atoms. The molecule has 1 heterocycles. The Morgan fingerprint density at radius 1 is 1.35 bits per heavy atom. The Bertz CT molecular complexity index is 506. The van der Waals surface area contributed by atoms with Gasteiger partial charge < -0.3 is 10.1 Å². The topological polar surface area (TPSA) is 81.2 Å². The van der Waals surface area contributed by atoms with Crippen LogP contribution in [0.3, 0.4) is 0 Å². The van der Waals surface area contributed by atoms with Crippen molar-refractivity contribution in [3.63, 3.8) is 0 Å². The SMILES string of the molecule is COC(=O)C(NC(=O)c1cc(C)nc(SC)n1)C(C)C. The lowest BCUT2D eigenvalue weighted by Gasteiger charge is -2.19. The number of carbonyl (C=O) groups is 2. The molecule has 1 atom stereocenters. The molecule has 0 aromatic carbocycles. The number of aromatic nitrogens is 2. The van der Waals surface area contributed by atoms with E-state index in [0.29, 0.717) is 10.9 Å². The molecule has 0 spiro atoms. The minimum Gasteiger partial charge on any atom is -0.467 e. The largest absolute Gasteiger partial charge is 0.467 e. The minimum absolute atomic E-state index is 0.0747. The fourth-order valence-electron chi connectivity index (χ4n) is 1.59. The number of rotatable bonds is 5. The number of methoxy groups -OCH3 is 1. The van der Waals surface area contributed by atoms with Gasteiger partial charge in [-0.15, -0.1) is 0 Å². The first kappa shape index (κ1) is 16.4. The van der Waals surface area contributed by atoms with Crippen LogP contribution in [0.25, 0.3) is 0 Å². The van der Waals surface area contributed by atoms with E-state index in [4.69, 9.17) is 0 Å². The zero-order chi connectivity index (χ0) is 15.3. The Labute approximate surface area is 122 Å². The fraction of sp³-hybridized carbons (Fsp3) is 0.538. The van der Waals surface area contributed by atoms with Crippen LogP contribution < -0.4 is 5.32 Å². The number of aryl methyl sites for hydroxylation is 1. The molecular formula is C13H19N3O3S. The molecule has 7 heteroatoms. The molecule has 0 saturated carbocycles. The summed E-state index contributed by atoms with van der Waals surface area (Å²) in [5.41, 5.74) is 0.949. The van der Waals surface area contributed by atoms with Crippen molar-refractivity contribution in [3.05, 3.63) is 17.5 Å². The van der Waals surface area contributed by atoms with Crippen LogP contribution in [0.15, 0.2) is 11.2 Å². The van der Waals surface area contributed by atoms with Crippen LogP contribution in [-0.4, -0.2) is 41.3 Å². The van der Waals surface area contributed by atoms with Crippen LogP contribution in [0.5, 0.6) is 0 Å². The predicted octanol–water partition coefficient (Wildman–Crippen LogP) is 1.43. The van der Waals surface area contributed by atoms with E-state index in [1.165, 1.54) is 18.9 Å². The van der Waals surface area contributed by atoms with E-state index in [-0.39, 0.29) is 11.6 Å². The molecule has 1 rings (SSSR count). The molecule has 1 aromatic heterocycles. The summed E-state index contributed by atoms with van der Waals surface area (Å²) in [7, 11) is 1.30. The maximum Gasteiger partial charge on any atom is 0.328 e. The van der Waals surface area contributed by atoms with Crippen LogP contribution in [0.4, 0.5) is 0 Å². The van der Waals surface area contributed by atoms with E-state index < -0.39 is 17.9 Å². The van der Waals surface area contributed by atoms with E-state index in [2.05, 4.69) is 20.0 Å². The van der Waals surface area contributed by atoms with E-state index in [0.717, 1.165) is 0 Å². The van der Waals surface area contributed by atoms with Crippen molar-refractivity contribution < 1.29 is 14.3 Å². The molecule has 1 unspecified atom stereocenters. The minimum atomic E-state index is -0.694. The Balaban J connectivity index is 2.94. The fourth-order valence-corrected chi connectivity index (χ4v) is 2.01. The Kier molecular flexibility index (Phi) is 5.94. The summed E-state index contributed by atoms with van der Waals surface area (Å²) in [5, 5.41) is 3.17. The lowest BCUT2D eigenvalue weighted by Crippen LogP contribution is -2.45. The monoisotopic (exact) mass is 297 g/mol. The molecule has 0 aliphatic rings. The molecule has 0 radical (unpaired) electrons. The molecule has 0 aliphatic carbocycles. The first-order chi connectivity index (χ1) is 9.38. The van der Waals surface area contributed by atoms with Crippen molar-refractivity contribution in [2.45, 2.75) is 32.0 Å². The van der Waals surface area contributed by atoms with Crippen LogP contribution in [0.1, 0.15) is 30.0 Å². The maximum atomic E-state index is 12.2. The van der Waals surface area contributed by atoms with Gasteiger partial charge in [-0.3, -0.25) is 4.79 Å². The van der Waals surface area contributed by atoms with Crippen LogP contribution >= 0.6 is 11.8 Å². The number of hydrogen-bond donors (Lipinski definition) is 1. The summed E-state index contributed by atoms with van der Waals surface area (Å²) in [6.45, 7) is 5.46. The lowest BCUT2D eigenvalue weighted by atomic mass is 10.0. The number of carbonyl (C=O) groups excluding carboxylic acids is 2. The van der Waals surface area contributed by atoms with Gasteiger partial charge in [0.2, 0.25) is 0 Å². The van der Waals surface area contributed by atoms with Gasteiger partial charge in [-0.25, -0.2) is 14.8 Å². The maximum absolute atomic E-state index is 12.2. The summed E-state index contributed by atoms with van der Waals surface area (Å²) in [6.07, 6.45) is 1.84. The number of ether oxygens (including phenoxy) is 1. The third-order valence-electron chi connectivity index (χ3n) is 2.66.